The first-order valence-corrected chi connectivity index (χ1v) is 11.4. The van der Waals surface area contributed by atoms with Crippen LogP contribution in [0.1, 0.15) is 25.0 Å². The minimum atomic E-state index is -4.65. The summed E-state index contributed by atoms with van der Waals surface area (Å²) in [7, 11) is -4.03. The molecule has 0 heterocycles. The predicted molar refractivity (Wildman–Crippen MR) is 116 cm³/mol. The molecule has 0 fully saturated rings. The summed E-state index contributed by atoms with van der Waals surface area (Å²) in [6, 6.07) is 10.6. The highest BCUT2D eigenvalue weighted by Crippen LogP contribution is 2.32. The monoisotopic (exact) mass is 471 g/mol. The third-order valence-corrected chi connectivity index (χ3v) is 5.16. The SMILES string of the molecule is CC(C)COc1ccc(/C=N\NC(=O)CN(c2cccc(C(F)(F)F)c2)S(C)(=O)=O)cc1. The van der Waals surface area contributed by atoms with Crippen molar-refractivity contribution in [2.75, 3.05) is 23.7 Å². The van der Waals surface area contributed by atoms with Gasteiger partial charge in [-0.2, -0.15) is 18.3 Å². The number of hydrazone groups is 1. The molecule has 0 unspecified atom stereocenters. The molecular formula is C21H24F3N3O4S. The fourth-order valence-electron chi connectivity index (χ4n) is 2.49. The van der Waals surface area contributed by atoms with Gasteiger partial charge < -0.3 is 4.74 Å². The number of carbonyl (C=O) groups excluding carboxylic acids is 1. The number of amides is 1. The van der Waals surface area contributed by atoms with E-state index in [0.29, 0.717) is 34.2 Å². The first-order chi connectivity index (χ1) is 14.9. The van der Waals surface area contributed by atoms with Gasteiger partial charge in [-0.1, -0.05) is 19.9 Å². The first kappa shape index (κ1) is 25.2. The molecule has 7 nitrogen and oxygen atoms in total. The predicted octanol–water partition coefficient (Wildman–Crippen LogP) is 3.66. The zero-order valence-electron chi connectivity index (χ0n) is 17.8. The molecule has 0 saturated carbocycles. The summed E-state index contributed by atoms with van der Waals surface area (Å²) in [5, 5.41) is 3.76. The molecule has 0 aliphatic heterocycles. The van der Waals surface area contributed by atoms with Crippen molar-refractivity contribution in [1.82, 2.24) is 5.43 Å². The maximum absolute atomic E-state index is 12.9. The van der Waals surface area contributed by atoms with Gasteiger partial charge in [-0.05, 0) is 53.9 Å². The summed E-state index contributed by atoms with van der Waals surface area (Å²) in [4.78, 5) is 12.2. The van der Waals surface area contributed by atoms with Crippen molar-refractivity contribution >= 4 is 27.8 Å². The largest absolute Gasteiger partial charge is 0.493 e. The number of sulfonamides is 1. The number of alkyl halides is 3. The van der Waals surface area contributed by atoms with Crippen LogP contribution in [0.2, 0.25) is 0 Å². The minimum absolute atomic E-state index is 0.279. The average molecular weight is 472 g/mol. The molecule has 0 bridgehead atoms. The summed E-state index contributed by atoms with van der Waals surface area (Å²) in [5.41, 5.74) is 1.52. The lowest BCUT2D eigenvalue weighted by Crippen LogP contribution is -2.39. The molecular weight excluding hydrogens is 447 g/mol. The number of carbonyl (C=O) groups is 1. The lowest BCUT2D eigenvalue weighted by atomic mass is 10.2. The molecule has 0 atom stereocenters. The van der Waals surface area contributed by atoms with E-state index < -0.39 is 34.2 Å². The quantitative estimate of drug-likeness (QED) is 0.447. The van der Waals surface area contributed by atoms with Crippen molar-refractivity contribution in [2.24, 2.45) is 11.0 Å². The van der Waals surface area contributed by atoms with Crippen LogP contribution in [0.4, 0.5) is 18.9 Å². The molecule has 1 N–H and O–H groups in total. The van der Waals surface area contributed by atoms with Crippen molar-refractivity contribution in [3.05, 3.63) is 59.7 Å². The van der Waals surface area contributed by atoms with Gasteiger partial charge in [0.2, 0.25) is 10.0 Å². The molecule has 0 saturated heterocycles. The number of hydrogen-bond donors (Lipinski definition) is 1. The Morgan fingerprint density at radius 1 is 1.19 bits per heavy atom. The van der Waals surface area contributed by atoms with Crippen LogP contribution in [0.5, 0.6) is 5.75 Å². The van der Waals surface area contributed by atoms with E-state index in [1.807, 2.05) is 13.8 Å². The molecule has 2 aromatic rings. The highest BCUT2D eigenvalue weighted by molar-refractivity contribution is 7.92. The fourth-order valence-corrected chi connectivity index (χ4v) is 3.34. The number of halogens is 3. The summed E-state index contributed by atoms with van der Waals surface area (Å²) in [5.74, 6) is 0.250. The molecule has 0 aliphatic carbocycles. The zero-order chi connectivity index (χ0) is 23.9. The summed E-state index contributed by atoms with van der Waals surface area (Å²) < 4.78 is 69.1. The minimum Gasteiger partial charge on any atom is -0.493 e. The molecule has 2 aromatic carbocycles. The van der Waals surface area contributed by atoms with Gasteiger partial charge in [0.15, 0.2) is 0 Å². The molecule has 174 valence electrons. The Hall–Kier alpha value is -3.08. The lowest BCUT2D eigenvalue weighted by Gasteiger charge is -2.22. The van der Waals surface area contributed by atoms with E-state index in [2.05, 4.69) is 10.5 Å². The van der Waals surface area contributed by atoms with Crippen molar-refractivity contribution in [3.63, 3.8) is 0 Å². The summed E-state index contributed by atoms with van der Waals surface area (Å²) in [6.07, 6.45) is -2.51. The average Bonchev–Trinajstić information content (AvgIpc) is 2.70. The van der Waals surface area contributed by atoms with Crippen molar-refractivity contribution in [3.8, 4) is 5.75 Å². The van der Waals surface area contributed by atoms with Crippen molar-refractivity contribution < 1.29 is 31.1 Å². The number of rotatable bonds is 9. The smallest absolute Gasteiger partial charge is 0.416 e. The van der Waals surface area contributed by atoms with Crippen LogP contribution in [0.3, 0.4) is 0 Å². The van der Waals surface area contributed by atoms with Gasteiger partial charge in [0.25, 0.3) is 5.91 Å². The summed E-state index contributed by atoms with van der Waals surface area (Å²) >= 11 is 0. The van der Waals surface area contributed by atoms with E-state index in [-0.39, 0.29) is 5.69 Å². The number of nitrogens with zero attached hydrogens (tertiary/aromatic N) is 2. The van der Waals surface area contributed by atoms with E-state index in [1.54, 1.807) is 24.3 Å². The van der Waals surface area contributed by atoms with E-state index >= 15 is 0 Å². The topological polar surface area (TPSA) is 88.1 Å². The number of ether oxygens (including phenoxy) is 1. The van der Waals surface area contributed by atoms with Crippen molar-refractivity contribution in [1.29, 1.82) is 0 Å². The Bertz CT molecular complexity index is 1050. The summed E-state index contributed by atoms with van der Waals surface area (Å²) in [6.45, 7) is 3.90. The van der Waals surface area contributed by atoms with E-state index in [9.17, 15) is 26.4 Å². The van der Waals surface area contributed by atoms with Crippen LogP contribution < -0.4 is 14.5 Å². The number of nitrogens with one attached hydrogen (secondary N) is 1. The van der Waals surface area contributed by atoms with E-state index in [0.717, 1.165) is 18.4 Å². The first-order valence-electron chi connectivity index (χ1n) is 9.56. The number of hydrogen-bond acceptors (Lipinski definition) is 5. The third kappa shape index (κ3) is 7.88. The Labute approximate surface area is 184 Å². The van der Waals surface area contributed by atoms with Crippen LogP contribution in [-0.4, -0.2) is 39.9 Å². The van der Waals surface area contributed by atoms with Crippen molar-refractivity contribution in [2.45, 2.75) is 20.0 Å². The van der Waals surface area contributed by atoms with Crippen LogP contribution in [-0.2, 0) is 21.0 Å². The van der Waals surface area contributed by atoms with Gasteiger partial charge in [0.05, 0.1) is 30.3 Å². The molecule has 2 rings (SSSR count). The Balaban J connectivity index is 2.04. The van der Waals surface area contributed by atoms with Crippen LogP contribution in [0.25, 0.3) is 0 Å². The molecule has 1 amide bonds. The lowest BCUT2D eigenvalue weighted by molar-refractivity contribution is -0.137. The Kier molecular flexibility index (Phi) is 8.25. The molecule has 0 aliphatic rings. The second kappa shape index (κ2) is 10.5. The second-order valence-corrected chi connectivity index (χ2v) is 9.29. The highest BCUT2D eigenvalue weighted by atomic mass is 32.2. The third-order valence-electron chi connectivity index (χ3n) is 4.02. The standard InChI is InChI=1S/C21H24F3N3O4S/c1-15(2)14-31-19-9-7-16(8-10-19)12-25-26-20(28)13-27(32(3,29)30)18-6-4-5-17(11-18)21(22,23)24/h4-12,15H,13-14H2,1-3H3,(H,26,28)/b25-12-. The highest BCUT2D eigenvalue weighted by Gasteiger charge is 2.32. The molecule has 0 aromatic heterocycles. The van der Waals surface area contributed by atoms with Crippen LogP contribution >= 0.6 is 0 Å². The van der Waals surface area contributed by atoms with Crippen LogP contribution in [0.15, 0.2) is 53.6 Å². The van der Waals surface area contributed by atoms with Gasteiger partial charge in [-0.3, -0.25) is 9.10 Å². The fraction of sp³-hybridized carbons (Fsp3) is 0.333. The number of benzene rings is 2. The normalized spacial score (nSPS) is 12.2. The maximum Gasteiger partial charge on any atom is 0.416 e. The van der Waals surface area contributed by atoms with Gasteiger partial charge in [-0.15, -0.1) is 0 Å². The van der Waals surface area contributed by atoms with E-state index in [1.165, 1.54) is 12.3 Å². The number of anilines is 1. The maximum atomic E-state index is 12.9. The Morgan fingerprint density at radius 2 is 1.84 bits per heavy atom. The molecule has 0 spiro atoms. The van der Waals surface area contributed by atoms with E-state index in [4.69, 9.17) is 4.74 Å². The Morgan fingerprint density at radius 3 is 2.41 bits per heavy atom. The van der Waals surface area contributed by atoms with Crippen LogP contribution in [0, 0.1) is 5.92 Å². The molecule has 32 heavy (non-hydrogen) atoms. The zero-order valence-corrected chi connectivity index (χ0v) is 18.6. The van der Waals surface area contributed by atoms with Gasteiger partial charge in [0, 0.05) is 0 Å². The van der Waals surface area contributed by atoms with Gasteiger partial charge >= 0.3 is 6.18 Å². The molecule has 11 heteroatoms. The van der Waals surface area contributed by atoms with Gasteiger partial charge in [-0.25, -0.2) is 13.8 Å². The molecule has 0 radical (unpaired) electrons. The van der Waals surface area contributed by atoms with Gasteiger partial charge in [0.1, 0.15) is 12.3 Å². The second-order valence-electron chi connectivity index (χ2n) is 7.38.